The number of aromatic nitrogens is 2. The molecular formula is C19H25N3O. The highest BCUT2D eigenvalue weighted by Crippen LogP contribution is 2.28. The number of benzene rings is 1. The third kappa shape index (κ3) is 3.63. The largest absolute Gasteiger partial charge is 0.364 e. The first-order valence-corrected chi connectivity index (χ1v) is 8.60. The Labute approximate surface area is 137 Å². The summed E-state index contributed by atoms with van der Waals surface area (Å²) < 4.78 is 0. The van der Waals surface area contributed by atoms with Gasteiger partial charge in [-0.05, 0) is 31.2 Å². The van der Waals surface area contributed by atoms with Crippen molar-refractivity contribution in [3.8, 4) is 11.4 Å². The van der Waals surface area contributed by atoms with E-state index in [1.54, 1.807) is 0 Å². The standard InChI is InChI=1S/C19H25N3O/c1-13-7-5-6-10-15(13)19-21-16(17(22-19)18(20)23)12-11-14-8-3-2-4-9-14/h5-7,10,14H,2-4,8-9,11-12H2,1H3,(H2,20,23)(H,21,22). The topological polar surface area (TPSA) is 71.8 Å². The van der Waals surface area contributed by atoms with Crippen LogP contribution < -0.4 is 5.73 Å². The number of amides is 1. The second-order valence-electron chi connectivity index (χ2n) is 6.63. The molecule has 0 atom stereocenters. The number of carbonyl (C=O) groups is 1. The highest BCUT2D eigenvalue weighted by Gasteiger charge is 2.19. The lowest BCUT2D eigenvalue weighted by Gasteiger charge is -2.21. The molecule has 4 nitrogen and oxygen atoms in total. The molecule has 0 spiro atoms. The highest BCUT2D eigenvalue weighted by atomic mass is 16.1. The quantitative estimate of drug-likeness (QED) is 0.876. The van der Waals surface area contributed by atoms with E-state index in [1.807, 2.05) is 31.2 Å². The minimum absolute atomic E-state index is 0.402. The number of nitrogens with zero attached hydrogens (tertiary/aromatic N) is 1. The Morgan fingerprint density at radius 2 is 2.00 bits per heavy atom. The molecule has 0 saturated heterocycles. The van der Waals surface area contributed by atoms with E-state index in [1.165, 1.54) is 32.1 Å². The maximum Gasteiger partial charge on any atom is 0.269 e. The van der Waals surface area contributed by atoms with Crippen LogP contribution in [-0.2, 0) is 6.42 Å². The molecule has 1 saturated carbocycles. The Morgan fingerprint density at radius 3 is 2.70 bits per heavy atom. The predicted octanol–water partition coefficient (Wildman–Crippen LogP) is 4.00. The fourth-order valence-corrected chi connectivity index (χ4v) is 3.58. The summed E-state index contributed by atoms with van der Waals surface area (Å²) in [6, 6.07) is 8.05. The minimum Gasteiger partial charge on any atom is -0.364 e. The molecule has 1 fully saturated rings. The molecule has 1 aromatic heterocycles. The van der Waals surface area contributed by atoms with E-state index >= 15 is 0 Å². The number of nitrogens with two attached hydrogens (primary N) is 1. The maximum atomic E-state index is 11.7. The molecule has 3 N–H and O–H groups in total. The number of aryl methyl sites for hydroxylation is 2. The molecule has 0 radical (unpaired) electrons. The molecule has 23 heavy (non-hydrogen) atoms. The molecule has 122 valence electrons. The van der Waals surface area contributed by atoms with Gasteiger partial charge >= 0.3 is 0 Å². The van der Waals surface area contributed by atoms with Gasteiger partial charge < -0.3 is 10.7 Å². The Morgan fingerprint density at radius 1 is 1.26 bits per heavy atom. The highest BCUT2D eigenvalue weighted by molar-refractivity contribution is 5.92. The Bertz CT molecular complexity index is 684. The number of hydrogen-bond donors (Lipinski definition) is 2. The molecule has 3 rings (SSSR count). The van der Waals surface area contributed by atoms with Crippen LogP contribution in [0.4, 0.5) is 0 Å². The van der Waals surface area contributed by atoms with Crippen molar-refractivity contribution in [2.75, 3.05) is 0 Å². The number of carbonyl (C=O) groups excluding carboxylic acids is 1. The van der Waals surface area contributed by atoms with Gasteiger partial charge in [0.2, 0.25) is 0 Å². The summed E-state index contributed by atoms with van der Waals surface area (Å²) in [4.78, 5) is 19.6. The summed E-state index contributed by atoms with van der Waals surface area (Å²) in [6.45, 7) is 2.05. The average molecular weight is 311 g/mol. The van der Waals surface area contributed by atoms with Gasteiger partial charge in [0.05, 0.1) is 0 Å². The second kappa shape index (κ2) is 6.99. The summed E-state index contributed by atoms with van der Waals surface area (Å²) >= 11 is 0. The van der Waals surface area contributed by atoms with Gasteiger partial charge in [0, 0.05) is 11.3 Å². The van der Waals surface area contributed by atoms with E-state index in [2.05, 4.69) is 9.97 Å². The molecule has 1 aromatic carbocycles. The van der Waals surface area contributed by atoms with Crippen molar-refractivity contribution in [1.29, 1.82) is 0 Å². The zero-order chi connectivity index (χ0) is 16.2. The third-order valence-electron chi connectivity index (χ3n) is 4.94. The third-order valence-corrected chi connectivity index (χ3v) is 4.94. The molecule has 1 heterocycles. The Balaban J connectivity index is 1.81. The fourth-order valence-electron chi connectivity index (χ4n) is 3.58. The first kappa shape index (κ1) is 15.8. The van der Waals surface area contributed by atoms with Gasteiger partial charge in [-0.25, -0.2) is 4.98 Å². The van der Waals surface area contributed by atoms with Gasteiger partial charge in [0.25, 0.3) is 5.91 Å². The van der Waals surface area contributed by atoms with Gasteiger partial charge in [-0.15, -0.1) is 0 Å². The van der Waals surface area contributed by atoms with Crippen LogP contribution in [0.2, 0.25) is 0 Å². The molecule has 1 aliphatic rings. The van der Waals surface area contributed by atoms with Crippen molar-refractivity contribution in [2.45, 2.75) is 51.9 Å². The van der Waals surface area contributed by atoms with Crippen LogP contribution in [-0.4, -0.2) is 15.9 Å². The second-order valence-corrected chi connectivity index (χ2v) is 6.63. The predicted molar refractivity (Wildman–Crippen MR) is 92.2 cm³/mol. The maximum absolute atomic E-state index is 11.7. The summed E-state index contributed by atoms with van der Waals surface area (Å²) in [5.41, 5.74) is 8.99. The number of rotatable bonds is 5. The van der Waals surface area contributed by atoms with Gasteiger partial charge in [-0.2, -0.15) is 0 Å². The van der Waals surface area contributed by atoms with Crippen molar-refractivity contribution < 1.29 is 4.79 Å². The van der Waals surface area contributed by atoms with Crippen LogP contribution in [0.25, 0.3) is 11.4 Å². The molecule has 1 amide bonds. The molecule has 1 aliphatic carbocycles. The molecule has 0 aliphatic heterocycles. The van der Waals surface area contributed by atoms with E-state index in [0.717, 1.165) is 41.4 Å². The lowest BCUT2D eigenvalue weighted by atomic mass is 9.85. The molecular weight excluding hydrogens is 286 g/mol. The first-order chi connectivity index (χ1) is 11.1. The molecule has 0 unspecified atom stereocenters. The number of hydrogen-bond acceptors (Lipinski definition) is 2. The van der Waals surface area contributed by atoms with E-state index in [-0.39, 0.29) is 0 Å². The SMILES string of the molecule is Cc1ccccc1-c1nc(C(N)=O)c(CCC2CCCCC2)[nH]1. The van der Waals surface area contributed by atoms with Crippen LogP contribution in [0.1, 0.15) is 60.3 Å². The van der Waals surface area contributed by atoms with E-state index < -0.39 is 5.91 Å². The Hall–Kier alpha value is -2.10. The van der Waals surface area contributed by atoms with Gasteiger partial charge in [0.15, 0.2) is 0 Å². The van der Waals surface area contributed by atoms with Crippen LogP contribution in [0.3, 0.4) is 0 Å². The van der Waals surface area contributed by atoms with Crippen molar-refractivity contribution in [2.24, 2.45) is 11.7 Å². The van der Waals surface area contributed by atoms with Crippen molar-refractivity contribution in [3.05, 3.63) is 41.2 Å². The van der Waals surface area contributed by atoms with Crippen molar-refractivity contribution in [1.82, 2.24) is 9.97 Å². The number of aromatic amines is 1. The average Bonchev–Trinajstić information content (AvgIpc) is 2.99. The summed E-state index contributed by atoms with van der Waals surface area (Å²) in [6.07, 6.45) is 8.62. The zero-order valence-electron chi connectivity index (χ0n) is 13.8. The van der Waals surface area contributed by atoms with Crippen molar-refractivity contribution in [3.63, 3.8) is 0 Å². The molecule has 4 heteroatoms. The van der Waals surface area contributed by atoms with Crippen molar-refractivity contribution >= 4 is 5.91 Å². The van der Waals surface area contributed by atoms with Gasteiger partial charge in [-0.3, -0.25) is 4.79 Å². The first-order valence-electron chi connectivity index (χ1n) is 8.60. The van der Waals surface area contributed by atoms with Crippen LogP contribution in [0.15, 0.2) is 24.3 Å². The number of H-pyrrole nitrogens is 1. The fraction of sp³-hybridized carbons (Fsp3) is 0.474. The van der Waals surface area contributed by atoms with E-state index in [4.69, 9.17) is 5.73 Å². The number of nitrogens with one attached hydrogen (secondary N) is 1. The van der Waals surface area contributed by atoms with Gasteiger partial charge in [0.1, 0.15) is 11.5 Å². The van der Waals surface area contributed by atoms with Crippen LogP contribution in [0.5, 0.6) is 0 Å². The van der Waals surface area contributed by atoms with E-state index in [0.29, 0.717) is 5.69 Å². The number of primary amides is 1. The smallest absolute Gasteiger partial charge is 0.269 e. The van der Waals surface area contributed by atoms with Gasteiger partial charge in [-0.1, -0.05) is 56.4 Å². The minimum atomic E-state index is -0.445. The van der Waals surface area contributed by atoms with Crippen LogP contribution in [0, 0.1) is 12.8 Å². The monoisotopic (exact) mass is 311 g/mol. The molecule has 2 aromatic rings. The normalized spacial score (nSPS) is 15.7. The summed E-state index contributed by atoms with van der Waals surface area (Å²) in [5.74, 6) is 1.07. The van der Waals surface area contributed by atoms with Crippen LogP contribution >= 0.6 is 0 Å². The lowest BCUT2D eigenvalue weighted by molar-refractivity contribution is 0.0995. The summed E-state index contributed by atoms with van der Waals surface area (Å²) in [7, 11) is 0. The lowest BCUT2D eigenvalue weighted by Crippen LogP contribution is -2.15. The van der Waals surface area contributed by atoms with E-state index in [9.17, 15) is 4.79 Å². The molecule has 0 bridgehead atoms. The number of imidazole rings is 1. The zero-order valence-corrected chi connectivity index (χ0v) is 13.8. The Kier molecular flexibility index (Phi) is 4.79. The summed E-state index contributed by atoms with van der Waals surface area (Å²) in [5, 5.41) is 0.